The molecule has 0 unspecified atom stereocenters. The molecule has 0 amide bonds. The van der Waals surface area contributed by atoms with Crippen LogP contribution in [0.15, 0.2) is 48.5 Å². The van der Waals surface area contributed by atoms with Gasteiger partial charge in [0.15, 0.2) is 0 Å². The molecule has 3 heteroatoms. The number of thiol groups is 1. The van der Waals surface area contributed by atoms with E-state index in [9.17, 15) is 0 Å². The number of nitrogen functional groups attached to an aromatic ring is 1. The molecular formula is C13H13NOS. The first-order chi connectivity index (χ1) is 7.78. The van der Waals surface area contributed by atoms with Gasteiger partial charge in [0.2, 0.25) is 0 Å². The molecule has 0 aromatic heterocycles. The highest BCUT2D eigenvalue weighted by atomic mass is 32.1. The molecule has 0 radical (unpaired) electrons. The van der Waals surface area contributed by atoms with E-state index >= 15 is 0 Å². The molecule has 2 aromatic carbocycles. The summed E-state index contributed by atoms with van der Waals surface area (Å²) >= 11 is 4.20. The Kier molecular flexibility index (Phi) is 3.37. The van der Waals surface area contributed by atoms with Gasteiger partial charge in [-0.05, 0) is 42.0 Å². The van der Waals surface area contributed by atoms with Crippen molar-refractivity contribution in [2.45, 2.75) is 5.75 Å². The van der Waals surface area contributed by atoms with E-state index in [-0.39, 0.29) is 0 Å². The number of anilines is 1. The number of hydrogen-bond acceptors (Lipinski definition) is 3. The molecule has 2 aromatic rings. The van der Waals surface area contributed by atoms with Crippen LogP contribution in [-0.4, -0.2) is 0 Å². The maximum Gasteiger partial charge on any atom is 0.127 e. The molecular weight excluding hydrogens is 218 g/mol. The van der Waals surface area contributed by atoms with Crippen LogP contribution in [0.1, 0.15) is 5.56 Å². The van der Waals surface area contributed by atoms with Crippen molar-refractivity contribution < 1.29 is 4.74 Å². The number of nitrogens with two attached hydrogens (primary N) is 1. The Morgan fingerprint density at radius 2 is 1.38 bits per heavy atom. The zero-order valence-electron chi connectivity index (χ0n) is 8.76. The fraction of sp³-hybridized carbons (Fsp3) is 0.0769. The van der Waals surface area contributed by atoms with Crippen molar-refractivity contribution in [3.05, 3.63) is 54.1 Å². The molecule has 0 aliphatic carbocycles. The van der Waals surface area contributed by atoms with Gasteiger partial charge >= 0.3 is 0 Å². The summed E-state index contributed by atoms with van der Waals surface area (Å²) in [4.78, 5) is 0. The third-order valence-electron chi connectivity index (χ3n) is 2.22. The molecule has 0 aliphatic rings. The average Bonchev–Trinajstić information content (AvgIpc) is 2.33. The SMILES string of the molecule is Nc1ccc(Oc2ccc(CS)cc2)cc1. The van der Waals surface area contributed by atoms with Crippen molar-refractivity contribution in [1.82, 2.24) is 0 Å². The largest absolute Gasteiger partial charge is 0.457 e. The van der Waals surface area contributed by atoms with Crippen LogP contribution in [0.25, 0.3) is 0 Å². The van der Waals surface area contributed by atoms with Crippen molar-refractivity contribution in [2.24, 2.45) is 0 Å². The summed E-state index contributed by atoms with van der Waals surface area (Å²) in [5, 5.41) is 0. The van der Waals surface area contributed by atoms with Crippen molar-refractivity contribution in [3.63, 3.8) is 0 Å². The fourth-order valence-corrected chi connectivity index (χ4v) is 1.55. The van der Waals surface area contributed by atoms with E-state index in [0.29, 0.717) is 0 Å². The standard InChI is InChI=1S/C13H13NOS/c14-11-3-7-13(8-4-11)15-12-5-1-10(9-16)2-6-12/h1-8,16H,9,14H2. The van der Waals surface area contributed by atoms with Crippen LogP contribution in [0, 0.1) is 0 Å². The highest BCUT2D eigenvalue weighted by Gasteiger charge is 1.97. The first-order valence-corrected chi connectivity index (χ1v) is 5.64. The van der Waals surface area contributed by atoms with Gasteiger partial charge in [0.25, 0.3) is 0 Å². The van der Waals surface area contributed by atoms with Crippen LogP contribution in [0.3, 0.4) is 0 Å². The second kappa shape index (κ2) is 4.94. The topological polar surface area (TPSA) is 35.2 Å². The van der Waals surface area contributed by atoms with Crippen LogP contribution in [0.2, 0.25) is 0 Å². The molecule has 2 rings (SSSR count). The monoisotopic (exact) mass is 231 g/mol. The van der Waals surface area contributed by atoms with Crippen molar-refractivity contribution in [1.29, 1.82) is 0 Å². The number of rotatable bonds is 3. The van der Waals surface area contributed by atoms with Gasteiger partial charge < -0.3 is 10.5 Å². The van der Waals surface area contributed by atoms with Gasteiger partial charge in [0.1, 0.15) is 11.5 Å². The average molecular weight is 231 g/mol. The molecule has 0 atom stereocenters. The van der Waals surface area contributed by atoms with Gasteiger partial charge in [-0.25, -0.2) is 0 Å². The Morgan fingerprint density at radius 1 is 0.875 bits per heavy atom. The lowest BCUT2D eigenvalue weighted by atomic mass is 10.2. The molecule has 0 saturated heterocycles. The van der Waals surface area contributed by atoms with E-state index in [1.54, 1.807) is 0 Å². The Bertz CT molecular complexity index is 450. The minimum absolute atomic E-state index is 0.734. The first-order valence-electron chi connectivity index (χ1n) is 5.01. The molecule has 82 valence electrons. The summed E-state index contributed by atoms with van der Waals surface area (Å²) in [5.74, 6) is 2.34. The molecule has 2 nitrogen and oxygen atoms in total. The molecule has 0 aliphatic heterocycles. The van der Waals surface area contributed by atoms with E-state index in [4.69, 9.17) is 10.5 Å². The van der Waals surface area contributed by atoms with Gasteiger partial charge in [-0.3, -0.25) is 0 Å². The predicted octanol–water partition coefficient (Wildman–Crippen LogP) is 3.49. The van der Waals surface area contributed by atoms with Crippen LogP contribution in [-0.2, 0) is 5.75 Å². The second-order valence-corrected chi connectivity index (χ2v) is 3.79. The van der Waals surface area contributed by atoms with E-state index in [0.717, 1.165) is 22.9 Å². The molecule has 2 N–H and O–H groups in total. The highest BCUT2D eigenvalue weighted by molar-refractivity contribution is 7.79. The number of ether oxygens (including phenoxy) is 1. The lowest BCUT2D eigenvalue weighted by Gasteiger charge is -2.06. The van der Waals surface area contributed by atoms with Crippen molar-refractivity contribution in [2.75, 3.05) is 5.73 Å². The number of benzene rings is 2. The zero-order chi connectivity index (χ0) is 11.4. The summed E-state index contributed by atoms with van der Waals surface area (Å²) in [7, 11) is 0. The summed E-state index contributed by atoms with van der Waals surface area (Å²) in [6, 6.07) is 15.2. The smallest absolute Gasteiger partial charge is 0.127 e. The summed E-state index contributed by atoms with van der Waals surface area (Å²) in [5.41, 5.74) is 7.50. The van der Waals surface area contributed by atoms with Gasteiger partial charge in [0, 0.05) is 11.4 Å². The van der Waals surface area contributed by atoms with Gasteiger partial charge in [0.05, 0.1) is 0 Å². The minimum atomic E-state index is 0.734. The Hall–Kier alpha value is -1.61. The molecule has 16 heavy (non-hydrogen) atoms. The molecule has 0 heterocycles. The molecule has 0 spiro atoms. The summed E-state index contributed by atoms with van der Waals surface area (Å²) in [6.45, 7) is 0. The van der Waals surface area contributed by atoms with E-state index in [1.807, 2.05) is 48.5 Å². The molecule has 0 saturated carbocycles. The lowest BCUT2D eigenvalue weighted by Crippen LogP contribution is -1.87. The summed E-state index contributed by atoms with van der Waals surface area (Å²) in [6.07, 6.45) is 0. The maximum absolute atomic E-state index is 5.65. The van der Waals surface area contributed by atoms with E-state index < -0.39 is 0 Å². The van der Waals surface area contributed by atoms with Crippen molar-refractivity contribution in [3.8, 4) is 11.5 Å². The summed E-state index contributed by atoms with van der Waals surface area (Å²) < 4.78 is 5.65. The van der Waals surface area contributed by atoms with Gasteiger partial charge in [-0.1, -0.05) is 12.1 Å². The lowest BCUT2D eigenvalue weighted by molar-refractivity contribution is 0.482. The van der Waals surface area contributed by atoms with Crippen LogP contribution in [0.5, 0.6) is 11.5 Å². The molecule has 0 bridgehead atoms. The third-order valence-corrected chi connectivity index (χ3v) is 2.59. The van der Waals surface area contributed by atoms with Crippen molar-refractivity contribution >= 4 is 18.3 Å². The van der Waals surface area contributed by atoms with Gasteiger partial charge in [-0.2, -0.15) is 12.6 Å². The Labute approximate surface area is 100 Å². The number of hydrogen-bond donors (Lipinski definition) is 2. The Morgan fingerprint density at radius 3 is 1.88 bits per heavy atom. The first kappa shape index (κ1) is 10.9. The van der Waals surface area contributed by atoms with Crippen LogP contribution < -0.4 is 10.5 Å². The second-order valence-electron chi connectivity index (χ2n) is 3.47. The fourth-order valence-electron chi connectivity index (χ4n) is 1.33. The molecule has 0 fully saturated rings. The maximum atomic E-state index is 5.65. The minimum Gasteiger partial charge on any atom is -0.457 e. The Balaban J connectivity index is 2.11. The quantitative estimate of drug-likeness (QED) is 0.626. The third kappa shape index (κ3) is 2.70. The van der Waals surface area contributed by atoms with E-state index in [1.165, 1.54) is 5.56 Å². The zero-order valence-corrected chi connectivity index (χ0v) is 9.65. The van der Waals surface area contributed by atoms with E-state index in [2.05, 4.69) is 12.6 Å². The van der Waals surface area contributed by atoms with Crippen LogP contribution in [0.4, 0.5) is 5.69 Å². The highest BCUT2D eigenvalue weighted by Crippen LogP contribution is 2.22. The normalized spacial score (nSPS) is 10.1. The van der Waals surface area contributed by atoms with Gasteiger partial charge in [-0.15, -0.1) is 0 Å². The predicted molar refractivity (Wildman–Crippen MR) is 70.1 cm³/mol. The van der Waals surface area contributed by atoms with Crippen LogP contribution >= 0.6 is 12.6 Å².